The summed E-state index contributed by atoms with van der Waals surface area (Å²) in [5, 5.41) is 3.48. The van der Waals surface area contributed by atoms with Crippen LogP contribution in [0, 0.1) is 5.92 Å². The lowest BCUT2D eigenvalue weighted by molar-refractivity contribution is -0.138. The van der Waals surface area contributed by atoms with Crippen LogP contribution in [0.2, 0.25) is 0 Å². The van der Waals surface area contributed by atoms with Gasteiger partial charge >= 0.3 is 0 Å². The predicted octanol–water partition coefficient (Wildman–Crippen LogP) is 3.79. The Labute approximate surface area is 153 Å². The van der Waals surface area contributed by atoms with Gasteiger partial charge in [0.1, 0.15) is 0 Å². The van der Waals surface area contributed by atoms with Crippen LogP contribution in [0.4, 0.5) is 0 Å². The van der Waals surface area contributed by atoms with Crippen LogP contribution < -0.4 is 5.32 Å². The molecule has 2 bridgehead atoms. The van der Waals surface area contributed by atoms with Crippen LogP contribution in [0.1, 0.15) is 38.2 Å². The highest BCUT2D eigenvalue weighted by Crippen LogP contribution is 2.31. The Morgan fingerprint density at radius 1 is 1.30 bits per heavy atom. The van der Waals surface area contributed by atoms with E-state index in [1.54, 1.807) is 0 Å². The molecule has 2 saturated heterocycles. The van der Waals surface area contributed by atoms with Crippen molar-refractivity contribution in [3.05, 3.63) is 34.3 Å². The van der Waals surface area contributed by atoms with Gasteiger partial charge in [-0.05, 0) is 50.3 Å². The van der Waals surface area contributed by atoms with E-state index < -0.39 is 0 Å². The normalized spacial score (nSPS) is 24.7. The average Bonchev–Trinajstić information content (AvgIpc) is 2.79. The van der Waals surface area contributed by atoms with E-state index in [2.05, 4.69) is 51.3 Å². The van der Waals surface area contributed by atoms with E-state index in [4.69, 9.17) is 0 Å². The molecule has 1 amide bonds. The molecule has 2 heterocycles. The van der Waals surface area contributed by atoms with Crippen LogP contribution in [0.25, 0.3) is 0 Å². The largest absolute Gasteiger partial charge is 0.335 e. The Morgan fingerprint density at radius 2 is 2.04 bits per heavy atom. The second-order valence-electron chi connectivity index (χ2n) is 6.52. The number of carbonyl (C=O) groups is 1. The van der Waals surface area contributed by atoms with E-state index in [9.17, 15) is 4.79 Å². The lowest BCUT2D eigenvalue weighted by Crippen LogP contribution is -2.45. The summed E-state index contributed by atoms with van der Waals surface area (Å²) in [5.41, 5.74) is 1.24. The monoisotopic (exact) mass is 400 g/mol. The third-order valence-electron chi connectivity index (χ3n) is 5.17. The van der Waals surface area contributed by atoms with Gasteiger partial charge in [0.15, 0.2) is 0 Å². The van der Waals surface area contributed by atoms with Gasteiger partial charge in [0.2, 0.25) is 5.91 Å². The van der Waals surface area contributed by atoms with Crippen molar-refractivity contribution in [3.8, 4) is 0 Å². The number of rotatable bonds is 4. The van der Waals surface area contributed by atoms with Crippen LogP contribution in [0.15, 0.2) is 28.7 Å². The van der Waals surface area contributed by atoms with Gasteiger partial charge in [-0.3, -0.25) is 4.79 Å². The first-order valence-corrected chi connectivity index (χ1v) is 9.26. The highest BCUT2D eigenvalue weighted by atomic mass is 79.9. The smallest absolute Gasteiger partial charge is 0.226 e. The van der Waals surface area contributed by atoms with Crippen LogP contribution in [0.5, 0.6) is 0 Å². The summed E-state index contributed by atoms with van der Waals surface area (Å²) in [6.45, 7) is 4.15. The first kappa shape index (κ1) is 18.8. The molecule has 1 N–H and O–H groups in total. The maximum absolute atomic E-state index is 13.1. The number of carbonyl (C=O) groups excluding carboxylic acids is 1. The fraction of sp³-hybridized carbons (Fsp3) is 0.611. The first-order valence-electron chi connectivity index (χ1n) is 8.47. The SMILES string of the molecule is CCC(Cc1ccccc1Br)C(=O)N1C2CCNCC1CC2.Cl. The van der Waals surface area contributed by atoms with E-state index in [1.165, 1.54) is 12.0 Å². The van der Waals surface area contributed by atoms with Crippen LogP contribution >= 0.6 is 28.3 Å². The molecule has 5 heteroatoms. The van der Waals surface area contributed by atoms with E-state index in [0.29, 0.717) is 18.0 Å². The average molecular weight is 402 g/mol. The van der Waals surface area contributed by atoms with Crippen LogP contribution in [0.3, 0.4) is 0 Å². The quantitative estimate of drug-likeness (QED) is 0.832. The van der Waals surface area contributed by atoms with Crippen molar-refractivity contribution in [2.45, 2.75) is 51.1 Å². The van der Waals surface area contributed by atoms with E-state index in [1.807, 2.05) is 6.07 Å². The molecule has 2 fully saturated rings. The summed E-state index contributed by atoms with van der Waals surface area (Å²) < 4.78 is 1.11. The number of hydrogen-bond acceptors (Lipinski definition) is 2. The standard InChI is InChI=1S/C18H25BrN2O.ClH/c1-2-13(11-14-5-3-4-6-17(14)19)18(22)21-15-7-8-16(21)12-20-10-9-15;/h3-6,13,15-16,20H,2,7-12H2,1H3;1H. The topological polar surface area (TPSA) is 32.3 Å². The lowest BCUT2D eigenvalue weighted by atomic mass is 9.94. The fourth-order valence-electron chi connectivity index (χ4n) is 3.89. The molecule has 3 atom stereocenters. The summed E-state index contributed by atoms with van der Waals surface area (Å²) in [6, 6.07) is 9.13. The summed E-state index contributed by atoms with van der Waals surface area (Å²) in [4.78, 5) is 15.4. The number of nitrogens with zero attached hydrogens (tertiary/aromatic N) is 1. The zero-order valence-corrected chi connectivity index (χ0v) is 16.0. The van der Waals surface area contributed by atoms with Crippen LogP contribution in [-0.2, 0) is 11.2 Å². The molecule has 2 aliphatic heterocycles. The summed E-state index contributed by atoms with van der Waals surface area (Å²) in [7, 11) is 0. The van der Waals surface area contributed by atoms with Gasteiger partial charge in [-0.1, -0.05) is 41.1 Å². The number of hydrogen-bond donors (Lipinski definition) is 1. The van der Waals surface area contributed by atoms with Crippen molar-refractivity contribution in [1.82, 2.24) is 10.2 Å². The van der Waals surface area contributed by atoms with Crippen molar-refractivity contribution < 1.29 is 4.79 Å². The zero-order valence-electron chi connectivity index (χ0n) is 13.6. The molecule has 3 rings (SSSR count). The van der Waals surface area contributed by atoms with Gasteiger partial charge in [-0.2, -0.15) is 0 Å². The Bertz CT molecular complexity index is 526. The molecule has 23 heavy (non-hydrogen) atoms. The number of fused-ring (bicyclic) bond motifs is 2. The molecule has 3 unspecified atom stereocenters. The van der Waals surface area contributed by atoms with Gasteiger partial charge in [0.05, 0.1) is 0 Å². The number of benzene rings is 1. The van der Waals surface area contributed by atoms with Crippen molar-refractivity contribution in [3.63, 3.8) is 0 Å². The highest BCUT2D eigenvalue weighted by molar-refractivity contribution is 9.10. The van der Waals surface area contributed by atoms with E-state index >= 15 is 0 Å². The minimum Gasteiger partial charge on any atom is -0.335 e. The van der Waals surface area contributed by atoms with E-state index in [0.717, 1.165) is 43.2 Å². The molecule has 0 spiro atoms. The summed E-state index contributed by atoms with van der Waals surface area (Å²) >= 11 is 3.61. The molecule has 2 aliphatic rings. The van der Waals surface area contributed by atoms with Crippen molar-refractivity contribution in [1.29, 1.82) is 0 Å². The van der Waals surface area contributed by atoms with Crippen LogP contribution in [-0.4, -0.2) is 36.0 Å². The summed E-state index contributed by atoms with van der Waals surface area (Å²) in [6.07, 6.45) is 5.19. The zero-order chi connectivity index (χ0) is 15.5. The van der Waals surface area contributed by atoms with Gasteiger partial charge < -0.3 is 10.2 Å². The Kier molecular flexibility index (Phi) is 6.93. The Balaban J connectivity index is 0.00000192. The summed E-state index contributed by atoms with van der Waals surface area (Å²) in [5.74, 6) is 0.467. The molecule has 0 saturated carbocycles. The lowest BCUT2D eigenvalue weighted by Gasteiger charge is -2.31. The van der Waals surface area contributed by atoms with Crippen molar-refractivity contribution >= 4 is 34.2 Å². The van der Waals surface area contributed by atoms with Gasteiger partial charge in [-0.25, -0.2) is 0 Å². The Hall–Kier alpha value is -0.580. The molecule has 0 radical (unpaired) electrons. The molecular weight excluding hydrogens is 376 g/mol. The molecule has 3 nitrogen and oxygen atoms in total. The maximum atomic E-state index is 13.1. The maximum Gasteiger partial charge on any atom is 0.226 e. The third kappa shape index (κ3) is 4.09. The molecule has 128 valence electrons. The molecule has 0 aromatic heterocycles. The van der Waals surface area contributed by atoms with Crippen molar-refractivity contribution in [2.24, 2.45) is 5.92 Å². The minimum absolute atomic E-state index is 0. The molecule has 1 aromatic rings. The van der Waals surface area contributed by atoms with E-state index in [-0.39, 0.29) is 18.3 Å². The van der Waals surface area contributed by atoms with Gasteiger partial charge in [0, 0.05) is 29.0 Å². The predicted molar refractivity (Wildman–Crippen MR) is 100 cm³/mol. The fourth-order valence-corrected chi connectivity index (χ4v) is 4.34. The molecular formula is C18H26BrClN2O. The second-order valence-corrected chi connectivity index (χ2v) is 7.38. The minimum atomic E-state index is 0. The number of amides is 1. The Morgan fingerprint density at radius 3 is 2.78 bits per heavy atom. The highest BCUT2D eigenvalue weighted by Gasteiger charge is 2.39. The third-order valence-corrected chi connectivity index (χ3v) is 5.95. The number of halogens is 2. The number of nitrogens with one attached hydrogen (secondary N) is 1. The molecule has 0 aliphatic carbocycles. The van der Waals surface area contributed by atoms with Gasteiger partial charge in [-0.15, -0.1) is 12.4 Å². The molecule has 1 aromatic carbocycles. The first-order chi connectivity index (χ1) is 10.7. The second kappa shape index (κ2) is 8.50. The van der Waals surface area contributed by atoms with Crippen molar-refractivity contribution in [2.75, 3.05) is 13.1 Å². The van der Waals surface area contributed by atoms with Gasteiger partial charge in [0.25, 0.3) is 0 Å².